The van der Waals surface area contributed by atoms with Crippen LogP contribution in [0.15, 0.2) is 40.6 Å². The van der Waals surface area contributed by atoms with Crippen molar-refractivity contribution < 1.29 is 27.1 Å². The molecule has 0 unspecified atom stereocenters. The minimum Gasteiger partial charge on any atom is -0.465 e. The SMILES string of the molecule is COC(=O)c1sccc1S(=O)(=O)N(C)CC(=O)Nc1cccc(F)c1. The number of halogens is 1. The minimum absolute atomic E-state index is 0.0695. The molecule has 10 heteroatoms. The summed E-state index contributed by atoms with van der Waals surface area (Å²) in [6, 6.07) is 6.49. The Labute approximate surface area is 148 Å². The maximum absolute atomic E-state index is 13.1. The summed E-state index contributed by atoms with van der Waals surface area (Å²) in [4.78, 5) is 23.3. The molecule has 0 aliphatic rings. The van der Waals surface area contributed by atoms with Gasteiger partial charge in [0.25, 0.3) is 0 Å². The number of likely N-dealkylation sites (N-methyl/N-ethyl adjacent to an activating group) is 1. The molecular formula is C15H15FN2O5S2. The number of amides is 1. The average Bonchev–Trinajstić information content (AvgIpc) is 3.04. The zero-order chi connectivity index (χ0) is 18.6. The van der Waals surface area contributed by atoms with Crippen molar-refractivity contribution in [2.24, 2.45) is 0 Å². The molecule has 25 heavy (non-hydrogen) atoms. The standard InChI is InChI=1S/C15H15FN2O5S2/c1-18(9-13(19)17-11-5-3-4-10(16)8-11)25(21,22)12-6-7-24-14(12)15(20)23-2/h3-8H,9H2,1-2H3,(H,17,19). The van der Waals surface area contributed by atoms with Gasteiger partial charge in [-0.2, -0.15) is 4.31 Å². The molecule has 2 aromatic rings. The number of carbonyl (C=O) groups is 2. The van der Waals surface area contributed by atoms with Gasteiger partial charge in [0, 0.05) is 12.7 Å². The van der Waals surface area contributed by atoms with Crippen LogP contribution in [-0.2, 0) is 19.6 Å². The first-order chi connectivity index (χ1) is 11.8. The van der Waals surface area contributed by atoms with Gasteiger partial charge in [0.15, 0.2) is 0 Å². The highest BCUT2D eigenvalue weighted by atomic mass is 32.2. The third kappa shape index (κ3) is 4.41. The highest BCUT2D eigenvalue weighted by Crippen LogP contribution is 2.25. The monoisotopic (exact) mass is 386 g/mol. The second-order valence-electron chi connectivity index (χ2n) is 4.93. The normalized spacial score (nSPS) is 11.4. The van der Waals surface area contributed by atoms with E-state index >= 15 is 0 Å². The molecular weight excluding hydrogens is 371 g/mol. The molecule has 134 valence electrons. The summed E-state index contributed by atoms with van der Waals surface area (Å²) in [7, 11) is -1.71. The summed E-state index contributed by atoms with van der Waals surface area (Å²) < 4.78 is 43.6. The van der Waals surface area contributed by atoms with E-state index in [0.29, 0.717) is 0 Å². The van der Waals surface area contributed by atoms with Gasteiger partial charge in [-0.15, -0.1) is 11.3 Å². The highest BCUT2D eigenvalue weighted by molar-refractivity contribution is 7.89. The lowest BCUT2D eigenvalue weighted by Gasteiger charge is -2.17. The fourth-order valence-corrected chi connectivity index (χ4v) is 4.40. The van der Waals surface area contributed by atoms with Crippen LogP contribution in [0.3, 0.4) is 0 Å². The van der Waals surface area contributed by atoms with Crippen LogP contribution >= 0.6 is 11.3 Å². The van der Waals surface area contributed by atoms with Crippen molar-refractivity contribution in [3.05, 3.63) is 46.4 Å². The Hall–Kier alpha value is -2.30. The molecule has 0 aliphatic carbocycles. The van der Waals surface area contributed by atoms with Gasteiger partial charge in [-0.05, 0) is 29.6 Å². The molecule has 0 saturated heterocycles. The number of hydrogen-bond donors (Lipinski definition) is 1. The Kier molecular flexibility index (Phi) is 5.88. The molecule has 1 N–H and O–H groups in total. The Morgan fingerprint density at radius 2 is 2.04 bits per heavy atom. The van der Waals surface area contributed by atoms with Crippen LogP contribution < -0.4 is 5.32 Å². The Morgan fingerprint density at radius 3 is 2.68 bits per heavy atom. The van der Waals surface area contributed by atoms with Crippen LogP contribution in [-0.4, -0.2) is 45.3 Å². The Morgan fingerprint density at radius 1 is 1.32 bits per heavy atom. The van der Waals surface area contributed by atoms with Gasteiger partial charge in [-0.3, -0.25) is 4.79 Å². The number of sulfonamides is 1. The highest BCUT2D eigenvalue weighted by Gasteiger charge is 2.29. The van der Waals surface area contributed by atoms with Gasteiger partial charge < -0.3 is 10.1 Å². The van der Waals surface area contributed by atoms with E-state index < -0.39 is 34.3 Å². The topological polar surface area (TPSA) is 92.8 Å². The summed E-state index contributed by atoms with van der Waals surface area (Å²) in [5, 5.41) is 3.85. The van der Waals surface area contributed by atoms with Crippen molar-refractivity contribution in [2.75, 3.05) is 26.0 Å². The molecule has 1 aromatic heterocycles. The van der Waals surface area contributed by atoms with Gasteiger partial charge in [0.2, 0.25) is 15.9 Å². The fourth-order valence-electron chi connectivity index (χ4n) is 1.96. The van der Waals surface area contributed by atoms with Crippen LogP contribution in [0.4, 0.5) is 10.1 Å². The predicted molar refractivity (Wildman–Crippen MR) is 90.5 cm³/mol. The molecule has 2 rings (SSSR count). The number of methoxy groups -OCH3 is 1. The number of anilines is 1. The zero-order valence-electron chi connectivity index (χ0n) is 13.4. The number of benzene rings is 1. The maximum atomic E-state index is 13.1. The molecule has 0 saturated carbocycles. The number of thiophene rings is 1. The van der Waals surface area contributed by atoms with E-state index in [1.165, 1.54) is 36.7 Å². The number of nitrogens with zero attached hydrogens (tertiary/aromatic N) is 1. The summed E-state index contributed by atoms with van der Waals surface area (Å²) in [6.07, 6.45) is 0. The van der Waals surface area contributed by atoms with Crippen LogP contribution in [0.25, 0.3) is 0 Å². The average molecular weight is 386 g/mol. The molecule has 0 aliphatic heterocycles. The quantitative estimate of drug-likeness (QED) is 0.766. The first-order valence-corrected chi connectivity index (χ1v) is 9.25. The van der Waals surface area contributed by atoms with E-state index in [-0.39, 0.29) is 15.5 Å². The summed E-state index contributed by atoms with van der Waals surface area (Å²) >= 11 is 0.927. The van der Waals surface area contributed by atoms with Crippen molar-refractivity contribution in [1.82, 2.24) is 4.31 Å². The molecule has 0 fully saturated rings. The van der Waals surface area contributed by atoms with E-state index in [9.17, 15) is 22.4 Å². The van der Waals surface area contributed by atoms with Gasteiger partial charge in [-0.1, -0.05) is 6.07 Å². The number of ether oxygens (including phenoxy) is 1. The van der Waals surface area contributed by atoms with Gasteiger partial charge in [-0.25, -0.2) is 17.6 Å². The van der Waals surface area contributed by atoms with E-state index in [0.717, 1.165) is 28.8 Å². The molecule has 1 amide bonds. The third-order valence-electron chi connectivity index (χ3n) is 3.16. The van der Waals surface area contributed by atoms with Gasteiger partial charge >= 0.3 is 5.97 Å². The molecule has 0 atom stereocenters. The van der Waals surface area contributed by atoms with Gasteiger partial charge in [0.05, 0.1) is 13.7 Å². The molecule has 0 spiro atoms. The van der Waals surface area contributed by atoms with Crippen molar-refractivity contribution in [1.29, 1.82) is 0 Å². The first-order valence-electron chi connectivity index (χ1n) is 6.93. The maximum Gasteiger partial charge on any atom is 0.349 e. The lowest BCUT2D eigenvalue weighted by atomic mass is 10.3. The largest absolute Gasteiger partial charge is 0.465 e. The lowest BCUT2D eigenvalue weighted by molar-refractivity contribution is -0.116. The van der Waals surface area contributed by atoms with Gasteiger partial charge in [0.1, 0.15) is 15.6 Å². The van der Waals surface area contributed by atoms with E-state index in [2.05, 4.69) is 10.1 Å². The van der Waals surface area contributed by atoms with Crippen molar-refractivity contribution in [3.63, 3.8) is 0 Å². The van der Waals surface area contributed by atoms with E-state index in [1.807, 2.05) is 0 Å². The number of rotatable bonds is 6. The molecule has 1 heterocycles. The van der Waals surface area contributed by atoms with Crippen LogP contribution in [0, 0.1) is 5.82 Å². The van der Waals surface area contributed by atoms with Crippen LogP contribution in [0.2, 0.25) is 0 Å². The number of hydrogen-bond acceptors (Lipinski definition) is 6. The summed E-state index contributed by atoms with van der Waals surface area (Å²) in [6.45, 7) is -0.505. The summed E-state index contributed by atoms with van der Waals surface area (Å²) in [5.74, 6) is -1.95. The number of carbonyl (C=O) groups excluding carboxylic acids is 2. The first kappa shape index (κ1) is 19.0. The lowest BCUT2D eigenvalue weighted by Crippen LogP contribution is -2.35. The molecule has 1 aromatic carbocycles. The van der Waals surface area contributed by atoms with Crippen LogP contribution in [0.5, 0.6) is 0 Å². The smallest absolute Gasteiger partial charge is 0.349 e. The molecule has 0 bridgehead atoms. The number of nitrogens with one attached hydrogen (secondary N) is 1. The Bertz CT molecular complexity index is 895. The second kappa shape index (κ2) is 7.72. The zero-order valence-corrected chi connectivity index (χ0v) is 15.0. The number of esters is 1. The molecule has 0 radical (unpaired) electrons. The third-order valence-corrected chi connectivity index (χ3v) is 6.03. The van der Waals surface area contributed by atoms with Crippen molar-refractivity contribution >= 4 is 38.9 Å². The van der Waals surface area contributed by atoms with Crippen molar-refractivity contribution in [2.45, 2.75) is 4.90 Å². The Balaban J connectivity index is 2.14. The summed E-state index contributed by atoms with van der Waals surface area (Å²) in [5.41, 5.74) is 0.210. The van der Waals surface area contributed by atoms with Crippen LogP contribution in [0.1, 0.15) is 9.67 Å². The molecule has 7 nitrogen and oxygen atoms in total. The van der Waals surface area contributed by atoms with E-state index in [1.54, 1.807) is 0 Å². The second-order valence-corrected chi connectivity index (χ2v) is 7.85. The predicted octanol–water partition coefficient (Wildman–Crippen LogP) is 1.93. The van der Waals surface area contributed by atoms with E-state index in [4.69, 9.17) is 0 Å². The minimum atomic E-state index is -4.07. The fraction of sp³-hybridized carbons (Fsp3) is 0.200. The van der Waals surface area contributed by atoms with Crippen molar-refractivity contribution in [3.8, 4) is 0 Å².